The van der Waals surface area contributed by atoms with E-state index in [4.69, 9.17) is 4.98 Å². The molecule has 0 N–H and O–H groups in total. The molecule has 0 unspecified atom stereocenters. The van der Waals surface area contributed by atoms with Gasteiger partial charge in [-0.15, -0.1) is 11.3 Å². The SMILES string of the molecule is Cc1ccc2nc(-c3ccc(N4C(=O)C[C@H](N5CCC[C@H]6CCCC[C@@H]65)C4=O)cc3)sc2c1. The van der Waals surface area contributed by atoms with Gasteiger partial charge >= 0.3 is 0 Å². The average Bonchev–Trinajstić information content (AvgIpc) is 3.38. The summed E-state index contributed by atoms with van der Waals surface area (Å²) in [4.78, 5) is 35.0. The Morgan fingerprint density at radius 2 is 1.76 bits per heavy atom. The van der Waals surface area contributed by atoms with E-state index in [1.54, 1.807) is 11.3 Å². The van der Waals surface area contributed by atoms with Gasteiger partial charge in [-0.3, -0.25) is 14.5 Å². The maximum atomic E-state index is 13.4. The number of anilines is 1. The summed E-state index contributed by atoms with van der Waals surface area (Å²) >= 11 is 1.67. The zero-order chi connectivity index (χ0) is 22.5. The average molecular weight is 460 g/mol. The Bertz CT molecular complexity index is 1220. The normalized spacial score (nSPS) is 26.2. The molecule has 2 aromatic carbocycles. The summed E-state index contributed by atoms with van der Waals surface area (Å²) in [5.41, 5.74) is 3.90. The highest BCUT2D eigenvalue weighted by molar-refractivity contribution is 7.21. The highest BCUT2D eigenvalue weighted by atomic mass is 32.1. The number of benzene rings is 2. The van der Waals surface area contributed by atoms with Crippen molar-refractivity contribution >= 4 is 39.1 Å². The second kappa shape index (κ2) is 8.33. The highest BCUT2D eigenvalue weighted by Crippen LogP contribution is 2.39. The monoisotopic (exact) mass is 459 g/mol. The Morgan fingerprint density at radius 3 is 2.61 bits per heavy atom. The van der Waals surface area contributed by atoms with Crippen molar-refractivity contribution in [2.45, 2.75) is 64.0 Å². The molecule has 1 aliphatic carbocycles. The smallest absolute Gasteiger partial charge is 0.251 e. The standard InChI is InChI=1S/C27H29N3O2S/c1-17-8-13-21-24(15-17)33-26(28-21)19-9-11-20(12-10-19)30-25(31)16-23(27(30)32)29-14-4-6-18-5-2-3-7-22(18)29/h8-13,15,18,22-23H,2-7,14,16H2,1H3/t18-,22+,23+/m1/s1. The van der Waals surface area contributed by atoms with E-state index in [-0.39, 0.29) is 17.9 Å². The second-order valence-corrected chi connectivity index (χ2v) is 10.8. The summed E-state index contributed by atoms with van der Waals surface area (Å²) in [5.74, 6) is 0.571. The van der Waals surface area contributed by atoms with Gasteiger partial charge in [-0.1, -0.05) is 18.9 Å². The van der Waals surface area contributed by atoms with Gasteiger partial charge in [0.25, 0.3) is 5.91 Å². The number of hydrogen-bond acceptors (Lipinski definition) is 5. The molecule has 1 aromatic heterocycles. The number of thiazole rings is 1. The van der Waals surface area contributed by atoms with Crippen LogP contribution < -0.4 is 4.90 Å². The Morgan fingerprint density at radius 1 is 0.970 bits per heavy atom. The van der Waals surface area contributed by atoms with Crippen LogP contribution in [0.2, 0.25) is 0 Å². The van der Waals surface area contributed by atoms with Crippen molar-refractivity contribution < 1.29 is 9.59 Å². The molecule has 0 spiro atoms. The number of likely N-dealkylation sites (tertiary alicyclic amines) is 1. The van der Waals surface area contributed by atoms with Gasteiger partial charge < -0.3 is 0 Å². The Kier molecular flexibility index (Phi) is 5.30. The van der Waals surface area contributed by atoms with Crippen LogP contribution in [-0.4, -0.2) is 40.3 Å². The van der Waals surface area contributed by atoms with Gasteiger partial charge in [0, 0.05) is 11.6 Å². The summed E-state index contributed by atoms with van der Waals surface area (Å²) in [6, 6.07) is 14.2. The number of carbonyl (C=O) groups is 2. The van der Waals surface area contributed by atoms with Crippen LogP contribution in [0.1, 0.15) is 50.5 Å². The Balaban J connectivity index is 1.24. The molecule has 5 nitrogen and oxygen atoms in total. The molecule has 6 rings (SSSR count). The first-order valence-corrected chi connectivity index (χ1v) is 13.0. The molecule has 170 valence electrons. The van der Waals surface area contributed by atoms with Crippen molar-refractivity contribution in [1.29, 1.82) is 0 Å². The van der Waals surface area contributed by atoms with Gasteiger partial charge in [0.15, 0.2) is 0 Å². The lowest BCUT2D eigenvalue weighted by atomic mass is 9.77. The molecular weight excluding hydrogens is 430 g/mol. The van der Waals surface area contributed by atoms with Crippen molar-refractivity contribution in [3.63, 3.8) is 0 Å². The van der Waals surface area contributed by atoms with Crippen LogP contribution in [0.5, 0.6) is 0 Å². The number of amides is 2. The van der Waals surface area contributed by atoms with Gasteiger partial charge in [-0.2, -0.15) is 0 Å². The fourth-order valence-electron chi connectivity index (χ4n) is 6.10. The Hall–Kier alpha value is -2.57. The van der Waals surface area contributed by atoms with E-state index in [2.05, 4.69) is 30.0 Å². The number of rotatable bonds is 3. The van der Waals surface area contributed by atoms with E-state index in [0.717, 1.165) is 29.1 Å². The maximum absolute atomic E-state index is 13.4. The van der Waals surface area contributed by atoms with Crippen LogP contribution in [0.4, 0.5) is 5.69 Å². The predicted molar refractivity (Wildman–Crippen MR) is 132 cm³/mol. The maximum Gasteiger partial charge on any atom is 0.251 e. The van der Waals surface area contributed by atoms with E-state index in [1.165, 1.54) is 47.3 Å². The molecule has 2 saturated heterocycles. The van der Waals surface area contributed by atoms with Crippen molar-refractivity contribution in [2.24, 2.45) is 5.92 Å². The lowest BCUT2D eigenvalue weighted by Crippen LogP contribution is -2.54. The first kappa shape index (κ1) is 21.0. The van der Waals surface area contributed by atoms with Crippen LogP contribution in [-0.2, 0) is 9.59 Å². The summed E-state index contributed by atoms with van der Waals surface area (Å²) in [6.45, 7) is 3.03. The van der Waals surface area contributed by atoms with E-state index in [0.29, 0.717) is 24.1 Å². The molecule has 3 aliphatic rings. The van der Waals surface area contributed by atoms with Gasteiger partial charge in [-0.05, 0) is 87.0 Å². The van der Waals surface area contributed by atoms with Crippen molar-refractivity contribution in [2.75, 3.05) is 11.4 Å². The second-order valence-electron chi connectivity index (χ2n) is 9.82. The van der Waals surface area contributed by atoms with Crippen molar-refractivity contribution in [3.8, 4) is 10.6 Å². The lowest BCUT2D eigenvalue weighted by Gasteiger charge is -2.46. The van der Waals surface area contributed by atoms with E-state index < -0.39 is 0 Å². The van der Waals surface area contributed by atoms with Crippen LogP contribution in [0, 0.1) is 12.8 Å². The van der Waals surface area contributed by atoms with E-state index in [1.807, 2.05) is 24.3 Å². The summed E-state index contributed by atoms with van der Waals surface area (Å²) in [5, 5.41) is 0.954. The van der Waals surface area contributed by atoms with Crippen LogP contribution >= 0.6 is 11.3 Å². The summed E-state index contributed by atoms with van der Waals surface area (Å²) < 4.78 is 1.17. The number of piperidine rings is 1. The number of nitrogens with zero attached hydrogens (tertiary/aromatic N) is 3. The van der Waals surface area contributed by atoms with E-state index >= 15 is 0 Å². The fraction of sp³-hybridized carbons (Fsp3) is 0.444. The first-order chi connectivity index (χ1) is 16.1. The topological polar surface area (TPSA) is 53.5 Å². The molecule has 33 heavy (non-hydrogen) atoms. The third kappa shape index (κ3) is 3.69. The van der Waals surface area contributed by atoms with Crippen molar-refractivity contribution in [3.05, 3.63) is 48.0 Å². The summed E-state index contributed by atoms with van der Waals surface area (Å²) in [7, 11) is 0. The number of carbonyl (C=O) groups excluding carboxylic acids is 2. The molecule has 0 radical (unpaired) electrons. The van der Waals surface area contributed by atoms with E-state index in [9.17, 15) is 9.59 Å². The molecule has 2 aliphatic heterocycles. The minimum Gasteiger partial charge on any atom is -0.288 e. The predicted octanol–water partition coefficient (Wildman–Crippen LogP) is 5.56. The molecule has 3 atom stereocenters. The zero-order valence-electron chi connectivity index (χ0n) is 19.0. The minimum atomic E-state index is -0.296. The molecule has 1 saturated carbocycles. The molecule has 3 fully saturated rings. The Labute approximate surface area is 198 Å². The third-order valence-corrected chi connectivity index (χ3v) is 8.79. The number of aromatic nitrogens is 1. The third-order valence-electron chi connectivity index (χ3n) is 7.73. The molecule has 3 heterocycles. The number of hydrogen-bond donors (Lipinski definition) is 0. The van der Waals surface area contributed by atoms with Gasteiger partial charge in [0.2, 0.25) is 5.91 Å². The van der Waals surface area contributed by atoms with Gasteiger partial charge in [0.05, 0.1) is 28.4 Å². The van der Waals surface area contributed by atoms with Crippen molar-refractivity contribution in [1.82, 2.24) is 9.88 Å². The molecular formula is C27H29N3O2S. The first-order valence-electron chi connectivity index (χ1n) is 12.2. The highest BCUT2D eigenvalue weighted by Gasteiger charge is 2.47. The molecule has 0 bridgehead atoms. The van der Waals surface area contributed by atoms with Gasteiger partial charge in [0.1, 0.15) is 5.01 Å². The van der Waals surface area contributed by atoms with Crippen LogP contribution in [0.15, 0.2) is 42.5 Å². The fourth-order valence-corrected chi connectivity index (χ4v) is 7.17. The molecule has 3 aromatic rings. The number of fused-ring (bicyclic) bond motifs is 2. The van der Waals surface area contributed by atoms with Crippen LogP contribution in [0.3, 0.4) is 0 Å². The quantitative estimate of drug-likeness (QED) is 0.481. The molecule has 2 amide bonds. The van der Waals surface area contributed by atoms with Crippen LogP contribution in [0.25, 0.3) is 20.8 Å². The van der Waals surface area contributed by atoms with Gasteiger partial charge in [-0.25, -0.2) is 9.88 Å². The zero-order valence-corrected chi connectivity index (χ0v) is 19.8. The summed E-state index contributed by atoms with van der Waals surface area (Å²) in [6.07, 6.45) is 7.69. The number of imide groups is 1. The largest absolute Gasteiger partial charge is 0.288 e. The number of aryl methyl sites for hydroxylation is 1. The minimum absolute atomic E-state index is 0.0468. The lowest BCUT2D eigenvalue weighted by molar-refractivity contribution is -0.124. The molecule has 6 heteroatoms.